The second-order valence-electron chi connectivity index (χ2n) is 8.47. The van der Waals surface area contributed by atoms with Crippen LogP contribution in [0.3, 0.4) is 0 Å². The van der Waals surface area contributed by atoms with Crippen LogP contribution in [0, 0.1) is 6.92 Å². The molecule has 0 radical (unpaired) electrons. The minimum absolute atomic E-state index is 0.107. The van der Waals surface area contributed by atoms with Crippen molar-refractivity contribution in [3.05, 3.63) is 74.9 Å². The quantitative estimate of drug-likeness (QED) is 0.478. The second-order valence-corrected chi connectivity index (χ2v) is 9.28. The van der Waals surface area contributed by atoms with Gasteiger partial charge in [-0.15, -0.1) is 0 Å². The van der Waals surface area contributed by atoms with Crippen molar-refractivity contribution < 1.29 is 9.53 Å². The lowest BCUT2D eigenvalue weighted by Gasteiger charge is -2.30. The maximum Gasteiger partial charge on any atom is 0.254 e. The summed E-state index contributed by atoms with van der Waals surface area (Å²) in [6.07, 6.45) is 2.91. The summed E-state index contributed by atoms with van der Waals surface area (Å²) in [6.45, 7) is 4.87. The fourth-order valence-electron chi connectivity index (χ4n) is 4.22. The van der Waals surface area contributed by atoms with Crippen LogP contribution in [0.5, 0.6) is 11.6 Å². The van der Waals surface area contributed by atoms with Crippen LogP contribution in [0.2, 0.25) is 10.0 Å². The van der Waals surface area contributed by atoms with Gasteiger partial charge in [0.05, 0.1) is 27.8 Å². The molecule has 0 N–H and O–H groups in total. The van der Waals surface area contributed by atoms with Crippen LogP contribution < -0.4 is 9.64 Å². The minimum atomic E-state index is -0.107. The monoisotopic (exact) mass is 482 g/mol. The molecule has 1 aromatic heterocycles. The molecule has 0 saturated carbocycles. The fraction of sp³-hybridized carbons (Fsp3) is 0.320. The first kappa shape index (κ1) is 22.0. The molecule has 1 saturated heterocycles. The van der Waals surface area contributed by atoms with Gasteiger partial charge in [0.1, 0.15) is 5.75 Å². The van der Waals surface area contributed by atoms with Crippen molar-refractivity contribution in [1.29, 1.82) is 0 Å². The predicted octanol–water partition coefficient (Wildman–Crippen LogP) is 5.68. The van der Waals surface area contributed by atoms with Gasteiger partial charge in [-0.25, -0.2) is 4.98 Å². The summed E-state index contributed by atoms with van der Waals surface area (Å²) in [5, 5.41) is 0.788. The predicted molar refractivity (Wildman–Crippen MR) is 130 cm³/mol. The number of hydrogen-bond acceptors (Lipinski definition) is 5. The van der Waals surface area contributed by atoms with Crippen molar-refractivity contribution in [3.63, 3.8) is 0 Å². The average Bonchev–Trinajstić information content (AvgIpc) is 3.37. The second kappa shape index (κ2) is 9.20. The number of aryl methyl sites for hydroxylation is 1. The van der Waals surface area contributed by atoms with Crippen molar-refractivity contribution in [2.24, 2.45) is 0 Å². The molecule has 8 heteroatoms. The molecule has 3 aromatic rings. The summed E-state index contributed by atoms with van der Waals surface area (Å²) in [4.78, 5) is 26.8. The number of carbonyl (C=O) groups is 1. The fourth-order valence-corrected chi connectivity index (χ4v) is 4.52. The molecule has 1 fully saturated rings. The number of anilines is 1. The number of halogens is 2. The number of hydrogen-bond donors (Lipinski definition) is 0. The zero-order valence-corrected chi connectivity index (χ0v) is 19.9. The Morgan fingerprint density at radius 1 is 0.970 bits per heavy atom. The molecule has 3 heterocycles. The van der Waals surface area contributed by atoms with Crippen LogP contribution in [0.15, 0.2) is 42.5 Å². The van der Waals surface area contributed by atoms with Gasteiger partial charge in [0.15, 0.2) is 0 Å². The van der Waals surface area contributed by atoms with E-state index in [1.54, 1.807) is 23.1 Å². The molecule has 2 aliphatic rings. The third-order valence-electron chi connectivity index (χ3n) is 6.09. The van der Waals surface area contributed by atoms with E-state index in [9.17, 15) is 4.79 Å². The maximum absolute atomic E-state index is 13.2. The molecule has 170 valence electrons. The van der Waals surface area contributed by atoms with Gasteiger partial charge in [0, 0.05) is 31.6 Å². The number of fused-ring (bicyclic) bond motifs is 1. The van der Waals surface area contributed by atoms with E-state index in [1.165, 1.54) is 0 Å². The Labute approximate surface area is 203 Å². The number of amides is 1. The number of carbonyl (C=O) groups excluding carboxylic acids is 1. The lowest BCUT2D eigenvalue weighted by Crippen LogP contribution is -2.37. The van der Waals surface area contributed by atoms with Crippen molar-refractivity contribution in [2.45, 2.75) is 32.7 Å². The summed E-state index contributed by atoms with van der Waals surface area (Å²) in [5.74, 6) is 1.82. The van der Waals surface area contributed by atoms with E-state index in [2.05, 4.69) is 4.90 Å². The first-order valence-corrected chi connectivity index (χ1v) is 11.9. The van der Waals surface area contributed by atoms with Gasteiger partial charge in [-0.2, -0.15) is 4.98 Å². The van der Waals surface area contributed by atoms with Crippen LogP contribution in [0.25, 0.3) is 0 Å². The first-order valence-electron chi connectivity index (χ1n) is 11.1. The normalized spacial score (nSPS) is 15.5. The molecule has 2 aliphatic heterocycles. The van der Waals surface area contributed by atoms with Gasteiger partial charge in [0.2, 0.25) is 11.8 Å². The molecule has 2 aromatic carbocycles. The topological polar surface area (TPSA) is 58.6 Å². The van der Waals surface area contributed by atoms with Crippen molar-refractivity contribution in [2.75, 3.05) is 24.5 Å². The van der Waals surface area contributed by atoms with E-state index in [-0.39, 0.29) is 5.91 Å². The van der Waals surface area contributed by atoms with Gasteiger partial charge in [-0.05, 0) is 50.1 Å². The van der Waals surface area contributed by atoms with Gasteiger partial charge in [0.25, 0.3) is 5.91 Å². The molecular formula is C25H24Cl2N4O2. The number of benzene rings is 2. The number of nitrogens with zero attached hydrogens (tertiary/aromatic N) is 4. The standard InChI is InChI=1S/C25H24Cl2N4O2/c1-16-4-7-18(8-5-16)33-23-19-15-31(24(32)17-6-9-20(26)21(27)14-17)13-10-22(19)28-25(29-23)30-11-2-3-12-30/h4-9,14H,2-3,10-13,15H2,1H3. The lowest BCUT2D eigenvalue weighted by atomic mass is 10.1. The van der Waals surface area contributed by atoms with Crippen LogP contribution in [-0.4, -0.2) is 40.4 Å². The van der Waals surface area contributed by atoms with E-state index in [0.29, 0.717) is 52.7 Å². The summed E-state index contributed by atoms with van der Waals surface area (Å²) in [5.41, 5.74) is 3.44. The molecule has 0 bridgehead atoms. The van der Waals surface area contributed by atoms with E-state index in [0.717, 1.165) is 42.8 Å². The largest absolute Gasteiger partial charge is 0.438 e. The zero-order valence-electron chi connectivity index (χ0n) is 18.4. The van der Waals surface area contributed by atoms with E-state index in [1.807, 2.05) is 31.2 Å². The van der Waals surface area contributed by atoms with Gasteiger partial charge in [-0.3, -0.25) is 4.79 Å². The van der Waals surface area contributed by atoms with Crippen molar-refractivity contribution >= 4 is 35.1 Å². The number of rotatable bonds is 4. The van der Waals surface area contributed by atoms with Crippen LogP contribution in [0.4, 0.5) is 5.95 Å². The van der Waals surface area contributed by atoms with Gasteiger partial charge in [-0.1, -0.05) is 40.9 Å². The van der Waals surface area contributed by atoms with Crippen LogP contribution in [0.1, 0.15) is 40.0 Å². The Hall–Kier alpha value is -2.83. The van der Waals surface area contributed by atoms with Crippen molar-refractivity contribution in [3.8, 4) is 11.6 Å². The highest BCUT2D eigenvalue weighted by atomic mass is 35.5. The third kappa shape index (κ3) is 4.63. The molecular weight excluding hydrogens is 459 g/mol. The third-order valence-corrected chi connectivity index (χ3v) is 6.83. The van der Waals surface area contributed by atoms with E-state index < -0.39 is 0 Å². The Bertz CT molecular complexity index is 1190. The Morgan fingerprint density at radius 2 is 1.73 bits per heavy atom. The molecule has 0 unspecified atom stereocenters. The number of aromatic nitrogens is 2. The maximum atomic E-state index is 13.2. The average molecular weight is 483 g/mol. The smallest absolute Gasteiger partial charge is 0.254 e. The summed E-state index contributed by atoms with van der Waals surface area (Å²) in [7, 11) is 0. The van der Waals surface area contributed by atoms with Crippen LogP contribution in [-0.2, 0) is 13.0 Å². The molecule has 33 heavy (non-hydrogen) atoms. The molecule has 0 atom stereocenters. The molecule has 0 aliphatic carbocycles. The van der Waals surface area contributed by atoms with E-state index in [4.69, 9.17) is 37.9 Å². The van der Waals surface area contributed by atoms with Gasteiger partial charge < -0.3 is 14.5 Å². The highest BCUT2D eigenvalue weighted by Crippen LogP contribution is 2.33. The minimum Gasteiger partial charge on any atom is -0.438 e. The Balaban J connectivity index is 1.47. The summed E-state index contributed by atoms with van der Waals surface area (Å²) < 4.78 is 6.25. The molecule has 6 nitrogen and oxygen atoms in total. The Kier molecular flexibility index (Phi) is 6.13. The lowest BCUT2D eigenvalue weighted by molar-refractivity contribution is 0.0732. The molecule has 1 amide bonds. The zero-order chi connectivity index (χ0) is 22.9. The highest BCUT2D eigenvalue weighted by molar-refractivity contribution is 6.42. The number of ether oxygens (including phenoxy) is 1. The summed E-state index contributed by atoms with van der Waals surface area (Å²) >= 11 is 12.2. The van der Waals surface area contributed by atoms with Crippen molar-refractivity contribution in [1.82, 2.24) is 14.9 Å². The molecule has 5 rings (SSSR count). The van der Waals surface area contributed by atoms with E-state index >= 15 is 0 Å². The SMILES string of the molecule is Cc1ccc(Oc2nc(N3CCCC3)nc3c2CN(C(=O)c2ccc(Cl)c(Cl)c2)CC3)cc1. The highest BCUT2D eigenvalue weighted by Gasteiger charge is 2.29. The van der Waals surface area contributed by atoms with Gasteiger partial charge >= 0.3 is 0 Å². The summed E-state index contributed by atoms with van der Waals surface area (Å²) in [6, 6.07) is 12.8. The van der Waals surface area contributed by atoms with Crippen LogP contribution >= 0.6 is 23.2 Å². The molecule has 0 spiro atoms. The Morgan fingerprint density at radius 3 is 2.45 bits per heavy atom. The first-order chi connectivity index (χ1) is 16.0.